The number of fused-ring (bicyclic) bond motifs is 3. The van der Waals surface area contributed by atoms with Crippen LogP contribution >= 0.6 is 0 Å². The third kappa shape index (κ3) is 2.86. The lowest BCUT2D eigenvalue weighted by Gasteiger charge is -2.25. The first-order valence-electron chi connectivity index (χ1n) is 10.3. The van der Waals surface area contributed by atoms with Crippen molar-refractivity contribution in [2.45, 2.75) is 45.6 Å². The molecule has 5 rings (SSSR count). The van der Waals surface area contributed by atoms with Gasteiger partial charge in [-0.3, -0.25) is 9.39 Å². The number of aromatic nitrogens is 3. The summed E-state index contributed by atoms with van der Waals surface area (Å²) in [7, 11) is 0. The van der Waals surface area contributed by atoms with Crippen molar-refractivity contribution >= 4 is 23.4 Å². The lowest BCUT2D eigenvalue weighted by Crippen LogP contribution is -2.17. The number of anilines is 1. The Morgan fingerprint density at radius 3 is 3.00 bits per heavy atom. The van der Waals surface area contributed by atoms with Crippen LogP contribution in [-0.4, -0.2) is 20.8 Å². The van der Waals surface area contributed by atoms with E-state index in [1.54, 1.807) is 24.7 Å². The predicted octanol–water partition coefficient (Wildman–Crippen LogP) is 5.07. The van der Waals surface area contributed by atoms with Gasteiger partial charge in [0.1, 0.15) is 18.0 Å². The van der Waals surface area contributed by atoms with Gasteiger partial charge in [0.15, 0.2) is 5.65 Å². The molecule has 0 fully saturated rings. The molecule has 6 heteroatoms. The van der Waals surface area contributed by atoms with Crippen LogP contribution in [0.15, 0.2) is 47.7 Å². The Hall–Kier alpha value is -3.28. The van der Waals surface area contributed by atoms with Crippen molar-refractivity contribution < 1.29 is 4.39 Å². The molecule has 3 heterocycles. The highest BCUT2D eigenvalue weighted by atomic mass is 19.1. The fourth-order valence-corrected chi connectivity index (χ4v) is 4.88. The van der Waals surface area contributed by atoms with Gasteiger partial charge in [0.2, 0.25) is 0 Å². The molecule has 2 aliphatic rings. The van der Waals surface area contributed by atoms with E-state index in [0.717, 1.165) is 53.1 Å². The van der Waals surface area contributed by atoms with E-state index in [1.165, 1.54) is 16.7 Å². The molecule has 1 N–H and O–H groups in total. The maximum absolute atomic E-state index is 14.7. The molecule has 0 saturated carbocycles. The summed E-state index contributed by atoms with van der Waals surface area (Å²) >= 11 is 0. The van der Waals surface area contributed by atoms with E-state index in [4.69, 9.17) is 0 Å². The molecule has 0 bridgehead atoms. The van der Waals surface area contributed by atoms with Gasteiger partial charge in [-0.2, -0.15) is 0 Å². The maximum atomic E-state index is 14.7. The van der Waals surface area contributed by atoms with Crippen LogP contribution in [0.5, 0.6) is 0 Å². The van der Waals surface area contributed by atoms with Gasteiger partial charge in [0.25, 0.3) is 0 Å². The third-order valence-electron chi connectivity index (χ3n) is 6.15. The average molecular weight is 401 g/mol. The van der Waals surface area contributed by atoms with E-state index >= 15 is 0 Å². The Labute approximate surface area is 175 Å². The van der Waals surface area contributed by atoms with Crippen LogP contribution in [0.4, 0.5) is 10.2 Å². The van der Waals surface area contributed by atoms with E-state index in [9.17, 15) is 4.39 Å². The first kappa shape index (κ1) is 18.7. The number of allylic oxidation sites excluding steroid dienone is 2. The van der Waals surface area contributed by atoms with Crippen molar-refractivity contribution in [1.82, 2.24) is 14.6 Å². The van der Waals surface area contributed by atoms with E-state index in [-0.39, 0.29) is 5.82 Å². The Morgan fingerprint density at radius 2 is 2.20 bits per heavy atom. The van der Waals surface area contributed by atoms with Crippen molar-refractivity contribution in [3.8, 4) is 0 Å². The zero-order valence-electron chi connectivity index (χ0n) is 17.2. The van der Waals surface area contributed by atoms with Crippen LogP contribution in [0, 0.1) is 5.82 Å². The molecular weight excluding hydrogens is 377 g/mol. The second-order valence-corrected chi connectivity index (χ2v) is 8.21. The van der Waals surface area contributed by atoms with Gasteiger partial charge in [-0.05, 0) is 73.4 Å². The third-order valence-corrected chi connectivity index (χ3v) is 6.15. The fraction of sp³-hybridized carbons (Fsp3) is 0.292. The Balaban J connectivity index is 1.71. The number of nitrogens with one attached hydrogen (secondary N) is 1. The fourth-order valence-electron chi connectivity index (χ4n) is 4.88. The van der Waals surface area contributed by atoms with Crippen molar-refractivity contribution in [2.75, 3.05) is 5.32 Å². The molecular formula is C24H24FN5. The lowest BCUT2D eigenvalue weighted by atomic mass is 9.88. The van der Waals surface area contributed by atoms with Crippen molar-refractivity contribution in [3.63, 3.8) is 0 Å². The van der Waals surface area contributed by atoms with E-state index in [2.05, 4.69) is 33.2 Å². The minimum absolute atomic E-state index is 0.126. The molecule has 1 unspecified atom stereocenters. The summed E-state index contributed by atoms with van der Waals surface area (Å²) in [5.41, 5.74) is 8.11. The number of aryl methyl sites for hydroxylation is 1. The second-order valence-electron chi connectivity index (χ2n) is 8.21. The normalized spacial score (nSPS) is 17.2. The summed E-state index contributed by atoms with van der Waals surface area (Å²) in [4.78, 5) is 4.62. The molecule has 1 aliphatic heterocycles. The summed E-state index contributed by atoms with van der Waals surface area (Å²) in [6.07, 6.45) is 7.98. The van der Waals surface area contributed by atoms with Gasteiger partial charge in [-0.1, -0.05) is 18.7 Å². The number of pyridine rings is 1. The monoisotopic (exact) mass is 401 g/mol. The summed E-state index contributed by atoms with van der Waals surface area (Å²) < 4.78 is 16.6. The predicted molar refractivity (Wildman–Crippen MR) is 118 cm³/mol. The van der Waals surface area contributed by atoms with Gasteiger partial charge in [-0.25, -0.2) is 4.39 Å². The van der Waals surface area contributed by atoms with Gasteiger partial charge in [-0.15, -0.1) is 10.2 Å². The van der Waals surface area contributed by atoms with E-state index in [1.807, 2.05) is 24.3 Å². The number of rotatable bonds is 3. The maximum Gasteiger partial charge on any atom is 0.171 e. The van der Waals surface area contributed by atoms with Crippen LogP contribution in [0.2, 0.25) is 0 Å². The molecule has 0 amide bonds. The largest absolute Gasteiger partial charge is 0.367 e. The van der Waals surface area contributed by atoms with Gasteiger partial charge < -0.3 is 5.32 Å². The minimum atomic E-state index is -0.126. The average Bonchev–Trinajstić information content (AvgIpc) is 3.34. The van der Waals surface area contributed by atoms with Crippen LogP contribution in [0.3, 0.4) is 0 Å². The number of hydrogen-bond acceptors (Lipinski definition) is 4. The second kappa shape index (κ2) is 7.20. The number of benzene rings is 1. The highest BCUT2D eigenvalue weighted by Gasteiger charge is 2.31. The Morgan fingerprint density at radius 1 is 1.33 bits per heavy atom. The van der Waals surface area contributed by atoms with Crippen LogP contribution in [0.1, 0.15) is 54.0 Å². The Kier molecular flexibility index (Phi) is 4.50. The Bertz CT molecular complexity index is 1230. The number of nitrogens with zero attached hydrogens (tertiary/aromatic N) is 4. The lowest BCUT2D eigenvalue weighted by molar-refractivity contribution is 0.597. The van der Waals surface area contributed by atoms with E-state index in [0.29, 0.717) is 12.5 Å². The summed E-state index contributed by atoms with van der Waals surface area (Å²) in [6.45, 7) is 8.28. The van der Waals surface area contributed by atoms with Crippen LogP contribution < -0.4 is 5.32 Å². The SMILES string of the molecule is C=C/C=N\C(=C(C)C)c1cc2c(n3cnnc13)NCc1c(F)ccc3c1C(CC3)C2. The molecule has 30 heavy (non-hydrogen) atoms. The molecule has 5 nitrogen and oxygen atoms in total. The smallest absolute Gasteiger partial charge is 0.171 e. The molecule has 3 aromatic rings. The zero-order chi connectivity index (χ0) is 20.8. The number of hydrogen-bond donors (Lipinski definition) is 1. The topological polar surface area (TPSA) is 54.6 Å². The molecule has 0 radical (unpaired) electrons. The van der Waals surface area contributed by atoms with Gasteiger partial charge in [0.05, 0.1) is 5.70 Å². The molecule has 0 spiro atoms. The van der Waals surface area contributed by atoms with Crippen molar-refractivity contribution in [1.29, 1.82) is 0 Å². The first-order valence-corrected chi connectivity index (χ1v) is 10.3. The van der Waals surface area contributed by atoms with Crippen LogP contribution in [-0.2, 0) is 19.4 Å². The molecule has 1 aliphatic carbocycles. The standard InChI is InChI=1S/C24H24FN5/c1-4-9-26-22(14(2)3)18-11-17-10-16-6-5-15-7-8-20(25)19(21(15)16)12-27-23(17)30-13-28-29-24(18)30/h4,7-9,11,13,16,27H,1,5-6,10,12H2,2-3H3/b26-9-. The molecule has 1 atom stereocenters. The number of aliphatic imine (C=N–C) groups is 1. The molecule has 2 aromatic heterocycles. The van der Waals surface area contributed by atoms with Gasteiger partial charge in [0, 0.05) is 23.9 Å². The van der Waals surface area contributed by atoms with Crippen molar-refractivity contribution in [2.24, 2.45) is 4.99 Å². The van der Waals surface area contributed by atoms with Crippen LogP contribution in [0.25, 0.3) is 11.3 Å². The molecule has 0 saturated heterocycles. The van der Waals surface area contributed by atoms with E-state index < -0.39 is 0 Å². The zero-order valence-corrected chi connectivity index (χ0v) is 17.2. The highest BCUT2D eigenvalue weighted by Crippen LogP contribution is 2.42. The van der Waals surface area contributed by atoms with Gasteiger partial charge >= 0.3 is 0 Å². The summed E-state index contributed by atoms with van der Waals surface area (Å²) in [6, 6.07) is 5.74. The molecule has 152 valence electrons. The minimum Gasteiger partial charge on any atom is -0.367 e. The summed E-state index contributed by atoms with van der Waals surface area (Å²) in [5, 5.41) is 12.0. The quantitative estimate of drug-likeness (QED) is 0.623. The van der Waals surface area contributed by atoms with Crippen molar-refractivity contribution in [3.05, 3.63) is 76.4 Å². The molecule has 1 aromatic carbocycles. The first-order chi connectivity index (χ1) is 14.6. The number of halogens is 1. The highest BCUT2D eigenvalue weighted by molar-refractivity contribution is 5.85. The summed E-state index contributed by atoms with van der Waals surface area (Å²) in [5.74, 6) is 1.13.